The molecular weight excluding hydrogens is 379 g/mol. The van der Waals surface area contributed by atoms with Gasteiger partial charge in [0.25, 0.3) is 0 Å². The molecule has 1 aliphatic rings. The SMILES string of the molecule is CCC1(C)NC(=O)C(C)(C)N(Cc2ccc(I)cc2)C1=O. The normalized spacial score (nSPS) is 24.9. The lowest BCUT2D eigenvalue weighted by atomic mass is 9.86. The van der Waals surface area contributed by atoms with Gasteiger partial charge in [-0.2, -0.15) is 0 Å². The second-order valence-electron chi connectivity index (χ2n) is 6.22. The molecule has 4 nitrogen and oxygen atoms in total. The summed E-state index contributed by atoms with van der Waals surface area (Å²) in [6.07, 6.45) is 0.580. The fourth-order valence-corrected chi connectivity index (χ4v) is 2.77. The van der Waals surface area contributed by atoms with E-state index in [0.29, 0.717) is 13.0 Å². The molecule has 1 atom stereocenters. The van der Waals surface area contributed by atoms with Crippen molar-refractivity contribution in [2.24, 2.45) is 0 Å². The van der Waals surface area contributed by atoms with Crippen LogP contribution in [0.5, 0.6) is 0 Å². The lowest BCUT2D eigenvalue weighted by Crippen LogP contribution is -2.72. The Hall–Kier alpha value is -1.11. The van der Waals surface area contributed by atoms with Crippen molar-refractivity contribution in [3.05, 3.63) is 33.4 Å². The van der Waals surface area contributed by atoms with E-state index in [4.69, 9.17) is 0 Å². The predicted molar refractivity (Wildman–Crippen MR) is 90.6 cm³/mol. The molecule has 1 aromatic rings. The first kappa shape index (κ1) is 16.3. The van der Waals surface area contributed by atoms with Crippen LogP contribution in [0.15, 0.2) is 24.3 Å². The van der Waals surface area contributed by atoms with E-state index in [9.17, 15) is 9.59 Å². The summed E-state index contributed by atoms with van der Waals surface area (Å²) in [7, 11) is 0. The third kappa shape index (κ3) is 2.93. The number of nitrogens with zero attached hydrogens (tertiary/aromatic N) is 1. The van der Waals surface area contributed by atoms with E-state index in [0.717, 1.165) is 9.13 Å². The van der Waals surface area contributed by atoms with Gasteiger partial charge in [-0.05, 0) is 67.5 Å². The molecule has 0 aliphatic carbocycles. The van der Waals surface area contributed by atoms with Gasteiger partial charge in [-0.1, -0.05) is 19.1 Å². The maximum Gasteiger partial charge on any atom is 0.249 e. The first-order valence-corrected chi connectivity index (χ1v) is 8.18. The highest BCUT2D eigenvalue weighted by atomic mass is 127. The van der Waals surface area contributed by atoms with Crippen LogP contribution in [-0.4, -0.2) is 27.8 Å². The molecule has 5 heteroatoms. The summed E-state index contributed by atoms with van der Waals surface area (Å²) in [6.45, 7) is 7.75. The van der Waals surface area contributed by atoms with Gasteiger partial charge in [0.15, 0.2) is 0 Å². The number of rotatable bonds is 3. The number of hydrogen-bond acceptors (Lipinski definition) is 2. The topological polar surface area (TPSA) is 49.4 Å². The Balaban J connectivity index is 2.35. The zero-order valence-electron chi connectivity index (χ0n) is 12.9. The van der Waals surface area contributed by atoms with Gasteiger partial charge < -0.3 is 10.2 Å². The highest BCUT2D eigenvalue weighted by Crippen LogP contribution is 2.29. The number of halogens is 1. The molecule has 0 radical (unpaired) electrons. The van der Waals surface area contributed by atoms with Gasteiger partial charge in [-0.15, -0.1) is 0 Å². The van der Waals surface area contributed by atoms with E-state index in [2.05, 4.69) is 27.9 Å². The van der Waals surface area contributed by atoms with Gasteiger partial charge in [0, 0.05) is 10.1 Å². The first-order chi connectivity index (χ1) is 9.70. The lowest BCUT2D eigenvalue weighted by molar-refractivity contribution is -0.161. The molecule has 0 spiro atoms. The molecule has 0 bridgehead atoms. The van der Waals surface area contributed by atoms with Crippen molar-refractivity contribution in [2.45, 2.75) is 51.7 Å². The molecular formula is C16H21IN2O2. The van der Waals surface area contributed by atoms with Crippen LogP contribution in [-0.2, 0) is 16.1 Å². The highest BCUT2D eigenvalue weighted by Gasteiger charge is 2.51. The van der Waals surface area contributed by atoms with E-state index in [1.807, 2.05) is 31.2 Å². The van der Waals surface area contributed by atoms with Crippen molar-refractivity contribution in [3.8, 4) is 0 Å². The zero-order chi connectivity index (χ0) is 15.8. The Morgan fingerprint density at radius 2 is 1.71 bits per heavy atom. The Kier molecular flexibility index (Phi) is 4.33. The molecule has 0 saturated carbocycles. The van der Waals surface area contributed by atoms with Crippen LogP contribution in [0.3, 0.4) is 0 Å². The monoisotopic (exact) mass is 400 g/mol. The number of carbonyl (C=O) groups is 2. The van der Waals surface area contributed by atoms with E-state index in [1.54, 1.807) is 25.7 Å². The van der Waals surface area contributed by atoms with E-state index in [-0.39, 0.29) is 11.8 Å². The van der Waals surface area contributed by atoms with Gasteiger partial charge in [-0.25, -0.2) is 0 Å². The third-order valence-corrected chi connectivity index (χ3v) is 5.02. The number of piperazine rings is 1. The molecule has 1 aliphatic heterocycles. The molecule has 114 valence electrons. The molecule has 1 saturated heterocycles. The van der Waals surface area contributed by atoms with Crippen molar-refractivity contribution in [3.63, 3.8) is 0 Å². The molecule has 0 aromatic heterocycles. The van der Waals surface area contributed by atoms with Crippen molar-refractivity contribution in [1.82, 2.24) is 10.2 Å². The minimum atomic E-state index is -0.839. The van der Waals surface area contributed by atoms with Crippen molar-refractivity contribution < 1.29 is 9.59 Å². The van der Waals surface area contributed by atoms with Gasteiger partial charge >= 0.3 is 0 Å². The summed E-state index contributed by atoms with van der Waals surface area (Å²) < 4.78 is 1.15. The second-order valence-corrected chi connectivity index (χ2v) is 7.46. The number of amides is 2. The Labute approximate surface area is 139 Å². The van der Waals surface area contributed by atoms with Crippen LogP contribution < -0.4 is 5.32 Å². The Bertz CT molecular complexity index is 568. The largest absolute Gasteiger partial charge is 0.340 e. The van der Waals surface area contributed by atoms with Gasteiger partial charge in [0.1, 0.15) is 11.1 Å². The van der Waals surface area contributed by atoms with Gasteiger partial charge in [-0.3, -0.25) is 9.59 Å². The summed E-state index contributed by atoms with van der Waals surface area (Å²) >= 11 is 2.25. The fourth-order valence-electron chi connectivity index (χ4n) is 2.41. The third-order valence-electron chi connectivity index (χ3n) is 4.30. The van der Waals surface area contributed by atoms with Crippen molar-refractivity contribution in [1.29, 1.82) is 0 Å². The summed E-state index contributed by atoms with van der Waals surface area (Å²) in [6, 6.07) is 8.02. The lowest BCUT2D eigenvalue weighted by Gasteiger charge is -2.48. The van der Waals surface area contributed by atoms with Crippen LogP contribution in [0.1, 0.15) is 39.7 Å². The average molecular weight is 400 g/mol. The average Bonchev–Trinajstić information content (AvgIpc) is 2.44. The van der Waals surface area contributed by atoms with Gasteiger partial charge in [0.05, 0.1) is 0 Å². The molecule has 1 fully saturated rings. The molecule has 2 rings (SSSR count). The predicted octanol–water partition coefficient (Wildman–Crippen LogP) is 2.70. The van der Waals surface area contributed by atoms with Crippen molar-refractivity contribution >= 4 is 34.4 Å². The Morgan fingerprint density at radius 1 is 1.14 bits per heavy atom. The molecule has 1 N–H and O–H groups in total. The molecule has 1 unspecified atom stereocenters. The number of carbonyl (C=O) groups excluding carboxylic acids is 2. The molecule has 1 heterocycles. The van der Waals surface area contributed by atoms with Crippen molar-refractivity contribution in [2.75, 3.05) is 0 Å². The summed E-state index contributed by atoms with van der Waals surface area (Å²) in [5.41, 5.74) is -0.616. The molecule has 21 heavy (non-hydrogen) atoms. The van der Waals surface area contributed by atoms with Crippen LogP contribution in [0.2, 0.25) is 0 Å². The van der Waals surface area contributed by atoms with Crippen LogP contribution in [0.25, 0.3) is 0 Å². The number of benzene rings is 1. The second kappa shape index (κ2) is 5.59. The standard InChI is InChI=1S/C16H21IN2O2/c1-5-16(4)14(21)19(15(2,3)13(20)18-16)10-11-6-8-12(17)9-7-11/h6-9H,5,10H2,1-4H3,(H,18,20). The first-order valence-electron chi connectivity index (χ1n) is 7.10. The van der Waals surface area contributed by atoms with Crippen LogP contribution in [0.4, 0.5) is 0 Å². The summed E-state index contributed by atoms with van der Waals surface area (Å²) in [5.74, 6) is -0.120. The quantitative estimate of drug-likeness (QED) is 0.794. The van der Waals surface area contributed by atoms with E-state index in [1.165, 1.54) is 0 Å². The number of hydrogen-bond donors (Lipinski definition) is 1. The minimum absolute atomic E-state index is 0.0202. The summed E-state index contributed by atoms with van der Waals surface area (Å²) in [5, 5.41) is 2.88. The maximum atomic E-state index is 12.8. The maximum absolute atomic E-state index is 12.8. The minimum Gasteiger partial charge on any atom is -0.340 e. The van der Waals surface area contributed by atoms with E-state index >= 15 is 0 Å². The van der Waals surface area contributed by atoms with Crippen LogP contribution in [0, 0.1) is 3.57 Å². The molecule has 1 aromatic carbocycles. The van der Waals surface area contributed by atoms with Gasteiger partial charge in [0.2, 0.25) is 11.8 Å². The van der Waals surface area contributed by atoms with Crippen LogP contribution >= 0.6 is 22.6 Å². The fraction of sp³-hybridized carbons (Fsp3) is 0.500. The zero-order valence-corrected chi connectivity index (χ0v) is 15.0. The Morgan fingerprint density at radius 3 is 2.24 bits per heavy atom. The molecule has 2 amide bonds. The highest BCUT2D eigenvalue weighted by molar-refractivity contribution is 14.1. The smallest absolute Gasteiger partial charge is 0.249 e. The summed E-state index contributed by atoms with van der Waals surface area (Å²) in [4.78, 5) is 26.9. The van der Waals surface area contributed by atoms with E-state index < -0.39 is 11.1 Å². The number of nitrogens with one attached hydrogen (secondary N) is 1.